The molecule has 3 aliphatic heterocycles. The van der Waals surface area contributed by atoms with E-state index in [1.807, 2.05) is 24.3 Å². The summed E-state index contributed by atoms with van der Waals surface area (Å²) in [5.41, 5.74) is 3.21. The lowest BCUT2D eigenvalue weighted by Gasteiger charge is -2.29. The quantitative estimate of drug-likeness (QED) is 0.0695. The highest BCUT2D eigenvalue weighted by Crippen LogP contribution is 2.39. The number of imide groups is 2. The summed E-state index contributed by atoms with van der Waals surface area (Å²) in [6.07, 6.45) is 5.03. The van der Waals surface area contributed by atoms with E-state index in [1.165, 1.54) is 24.5 Å². The third-order valence-corrected chi connectivity index (χ3v) is 13.3. The van der Waals surface area contributed by atoms with Crippen molar-refractivity contribution in [3.8, 4) is 17.2 Å². The van der Waals surface area contributed by atoms with Crippen LogP contribution in [0.5, 0.6) is 17.2 Å². The molecule has 1 saturated heterocycles. The van der Waals surface area contributed by atoms with Crippen molar-refractivity contribution in [3.05, 3.63) is 104 Å². The van der Waals surface area contributed by atoms with E-state index in [9.17, 15) is 37.2 Å². The summed E-state index contributed by atoms with van der Waals surface area (Å²) in [7, 11) is -2.21. The molecule has 3 N–H and O–H groups in total. The van der Waals surface area contributed by atoms with Gasteiger partial charge in [0.1, 0.15) is 28.2 Å². The fourth-order valence-electron chi connectivity index (χ4n) is 8.18. The van der Waals surface area contributed by atoms with Crippen molar-refractivity contribution in [3.63, 3.8) is 0 Å². The van der Waals surface area contributed by atoms with Crippen LogP contribution in [0.2, 0.25) is 0 Å². The van der Waals surface area contributed by atoms with Crippen LogP contribution in [0.15, 0.2) is 66.0 Å². The first kappa shape index (κ1) is 45.9. The molecule has 0 aliphatic carbocycles. The number of carbonyl (C=O) groups is 6. The van der Waals surface area contributed by atoms with E-state index in [4.69, 9.17) is 14.2 Å². The molecule has 4 heterocycles. The molecule has 0 saturated carbocycles. The number of nitrogens with one attached hydrogen (secondary N) is 3. The van der Waals surface area contributed by atoms with Gasteiger partial charge in [-0.3, -0.25) is 39.0 Å². The maximum atomic E-state index is 14.0. The third kappa shape index (κ3) is 10.5. The van der Waals surface area contributed by atoms with Gasteiger partial charge in [-0.25, -0.2) is 8.42 Å². The molecule has 338 valence electrons. The van der Waals surface area contributed by atoms with Gasteiger partial charge in [0.2, 0.25) is 17.7 Å². The van der Waals surface area contributed by atoms with E-state index in [-0.39, 0.29) is 47.4 Å². The van der Waals surface area contributed by atoms with E-state index in [0.29, 0.717) is 67.5 Å². The number of benzene rings is 3. The predicted octanol–water partition coefficient (Wildman–Crippen LogP) is 5.56. The molecule has 1 aromatic heterocycles. The number of anilines is 1. The van der Waals surface area contributed by atoms with Gasteiger partial charge in [0.25, 0.3) is 17.7 Å². The van der Waals surface area contributed by atoms with Gasteiger partial charge in [0.15, 0.2) is 11.5 Å². The molecule has 64 heavy (non-hydrogen) atoms. The molecule has 4 aromatic rings. The summed E-state index contributed by atoms with van der Waals surface area (Å²) < 4.78 is 42.3. The lowest BCUT2D eigenvalue weighted by molar-refractivity contribution is -0.137. The van der Waals surface area contributed by atoms with Crippen molar-refractivity contribution >= 4 is 62.3 Å². The Hall–Kier alpha value is -6.11. The topological polar surface area (TPSA) is 207 Å². The van der Waals surface area contributed by atoms with Crippen LogP contribution >= 0.6 is 11.3 Å². The Balaban J connectivity index is 0.826. The van der Waals surface area contributed by atoms with Gasteiger partial charge >= 0.3 is 0 Å². The van der Waals surface area contributed by atoms with Crippen LogP contribution in [0, 0.1) is 0 Å². The van der Waals surface area contributed by atoms with Crippen LogP contribution < -0.4 is 30.2 Å². The number of carbonyl (C=O) groups excluding carboxylic acids is 6. The molecular weight excluding hydrogens is 863 g/mol. The lowest BCUT2D eigenvalue weighted by Crippen LogP contribution is -2.52. The van der Waals surface area contributed by atoms with Crippen LogP contribution in [0.1, 0.15) is 111 Å². The number of thiophene rings is 1. The van der Waals surface area contributed by atoms with Crippen molar-refractivity contribution < 1.29 is 51.4 Å². The minimum absolute atomic E-state index is 0.0210. The summed E-state index contributed by atoms with van der Waals surface area (Å²) in [6.45, 7) is 4.16. The number of nitrogens with zero attached hydrogens (tertiary/aromatic N) is 2. The Morgan fingerprint density at radius 3 is 2.44 bits per heavy atom. The number of amides is 6. The Morgan fingerprint density at radius 1 is 0.922 bits per heavy atom. The molecule has 0 radical (unpaired) electrons. The average Bonchev–Trinajstić information content (AvgIpc) is 3.90. The average molecular weight is 914 g/mol. The van der Waals surface area contributed by atoms with Crippen molar-refractivity contribution in [2.24, 2.45) is 0 Å². The first-order chi connectivity index (χ1) is 30.8. The van der Waals surface area contributed by atoms with E-state index in [2.05, 4.69) is 16.0 Å². The van der Waals surface area contributed by atoms with Crippen molar-refractivity contribution in [2.75, 3.05) is 37.6 Å². The van der Waals surface area contributed by atoms with Crippen LogP contribution in [0.4, 0.5) is 5.69 Å². The molecular formula is C46H51N5O11S2. The smallest absolute Gasteiger partial charge is 0.264 e. The maximum Gasteiger partial charge on any atom is 0.264 e. The Morgan fingerprint density at radius 2 is 1.70 bits per heavy atom. The first-order valence-corrected chi connectivity index (χ1v) is 24.2. The Bertz CT molecular complexity index is 2560. The molecule has 7 rings (SSSR count). The number of methoxy groups -OCH3 is 1. The molecule has 18 heteroatoms. The zero-order valence-corrected chi connectivity index (χ0v) is 37.5. The zero-order valence-electron chi connectivity index (χ0n) is 35.9. The number of sulfone groups is 1. The van der Waals surface area contributed by atoms with Crippen molar-refractivity contribution in [1.29, 1.82) is 0 Å². The van der Waals surface area contributed by atoms with Crippen molar-refractivity contribution in [2.45, 2.75) is 83.6 Å². The van der Waals surface area contributed by atoms with Gasteiger partial charge < -0.3 is 29.7 Å². The van der Waals surface area contributed by atoms with E-state index in [0.717, 1.165) is 53.0 Å². The molecule has 3 aromatic carbocycles. The molecule has 3 aliphatic rings. The summed E-state index contributed by atoms with van der Waals surface area (Å²) >= 11 is 1.46. The standard InChI is InChI=1S/C46H51N5O11S2/c1-4-61-38-22-29(15-19-37(38)60-2)36(27-64(3,58)59)51-45(56)31-10-9-11-34(42(31)46(51)57)48-40(52)12-7-5-6-8-21-47-23-28-13-16-30(17-14-28)62-25-39-32-24-50(44(55)33(32)26-63-39)35-18-20-41(53)49-43(35)54/h9-11,13-17,19,22,26,35-36,47H,4-8,12,18,20-21,23-25,27H2,1-3H3,(H,48,52)(H,49,53,54)/t35-,36?/m0/s1. The molecule has 6 amide bonds. The van der Waals surface area contributed by atoms with Crippen molar-refractivity contribution in [1.82, 2.24) is 20.4 Å². The molecule has 1 fully saturated rings. The zero-order chi connectivity index (χ0) is 45.5. The highest BCUT2D eigenvalue weighted by Gasteiger charge is 2.44. The number of fused-ring (bicyclic) bond motifs is 2. The highest BCUT2D eigenvalue weighted by atomic mass is 32.2. The Labute approximate surface area is 375 Å². The second-order valence-electron chi connectivity index (χ2n) is 15.9. The number of ether oxygens (including phenoxy) is 3. The van der Waals surface area contributed by atoms with E-state index in [1.54, 1.807) is 47.5 Å². The maximum absolute atomic E-state index is 14.0. The van der Waals surface area contributed by atoms with Gasteiger partial charge in [0, 0.05) is 48.0 Å². The number of rotatable bonds is 21. The lowest BCUT2D eigenvalue weighted by atomic mass is 10.0. The predicted molar refractivity (Wildman–Crippen MR) is 238 cm³/mol. The summed E-state index contributed by atoms with van der Waals surface area (Å²) in [5.74, 6) is -1.66. The number of hydrogen-bond acceptors (Lipinski definition) is 13. The Kier molecular flexibility index (Phi) is 14.5. The molecule has 0 spiro atoms. The number of piperidine rings is 1. The second-order valence-corrected chi connectivity index (χ2v) is 19.1. The molecule has 2 atom stereocenters. The molecule has 1 unspecified atom stereocenters. The van der Waals surface area contributed by atoms with E-state index >= 15 is 0 Å². The first-order valence-electron chi connectivity index (χ1n) is 21.2. The summed E-state index contributed by atoms with van der Waals surface area (Å²) in [6, 6.07) is 15.4. The number of unbranched alkanes of at least 4 members (excludes halogenated alkanes) is 3. The van der Waals surface area contributed by atoms with Crippen LogP contribution in [0.3, 0.4) is 0 Å². The van der Waals surface area contributed by atoms with Gasteiger partial charge in [-0.2, -0.15) is 0 Å². The van der Waals surface area contributed by atoms with Gasteiger partial charge in [-0.15, -0.1) is 11.3 Å². The molecule has 0 bridgehead atoms. The van der Waals surface area contributed by atoms with Crippen LogP contribution in [-0.2, 0) is 43.9 Å². The summed E-state index contributed by atoms with van der Waals surface area (Å²) in [5, 5.41) is 10.4. The molecule has 16 nitrogen and oxygen atoms in total. The normalized spacial score (nSPS) is 16.4. The van der Waals surface area contributed by atoms with E-state index < -0.39 is 45.4 Å². The highest BCUT2D eigenvalue weighted by molar-refractivity contribution is 7.90. The largest absolute Gasteiger partial charge is 0.493 e. The third-order valence-electron chi connectivity index (χ3n) is 11.4. The second kappa shape index (κ2) is 20.2. The monoisotopic (exact) mass is 913 g/mol. The van der Waals surface area contributed by atoms with Gasteiger partial charge in [-0.05, 0) is 80.3 Å². The summed E-state index contributed by atoms with van der Waals surface area (Å²) in [4.78, 5) is 81.2. The van der Waals surface area contributed by atoms with Crippen LogP contribution in [-0.4, -0.2) is 92.0 Å². The van der Waals surface area contributed by atoms with Gasteiger partial charge in [-0.1, -0.05) is 37.1 Å². The van der Waals surface area contributed by atoms with Gasteiger partial charge in [0.05, 0.1) is 47.9 Å². The SMILES string of the molecule is CCOc1cc(C(CS(C)(=O)=O)N2C(=O)c3cccc(NC(=O)CCCCCCNCc4ccc(OCc5scc6c5CN([C@H]5CCC(=O)NC5=O)C6=O)cc4)c3C2=O)ccc1OC. The minimum Gasteiger partial charge on any atom is -0.493 e. The minimum atomic E-state index is -3.68. The number of hydrogen-bond donors (Lipinski definition) is 3. The fourth-order valence-corrected chi connectivity index (χ4v) is 10.0. The fraction of sp³-hybridized carbons (Fsp3) is 0.391. The van der Waals surface area contributed by atoms with Crippen LogP contribution in [0.25, 0.3) is 0 Å².